The highest BCUT2D eigenvalue weighted by Gasteiger charge is 2.35. The van der Waals surface area contributed by atoms with E-state index in [-0.39, 0.29) is 23.8 Å². The van der Waals surface area contributed by atoms with Gasteiger partial charge in [-0.1, -0.05) is 105 Å². The van der Waals surface area contributed by atoms with Crippen molar-refractivity contribution in [2.75, 3.05) is 13.1 Å². The average Bonchev–Trinajstić information content (AvgIpc) is 2.89. The van der Waals surface area contributed by atoms with Crippen LogP contribution in [-0.4, -0.2) is 27.7 Å². The van der Waals surface area contributed by atoms with Crippen molar-refractivity contribution in [3.63, 3.8) is 0 Å². The summed E-state index contributed by atoms with van der Waals surface area (Å²) >= 11 is 0. The molecule has 6 heteroatoms. The summed E-state index contributed by atoms with van der Waals surface area (Å²) in [6, 6.07) is 27.4. The maximum atomic E-state index is 13.2. The third-order valence-electron chi connectivity index (χ3n) is 6.52. The lowest BCUT2D eigenvalue weighted by molar-refractivity contribution is 0.469. The van der Waals surface area contributed by atoms with Crippen molar-refractivity contribution in [3.05, 3.63) is 102 Å². The normalized spacial score (nSPS) is 11.9. The Hall–Kier alpha value is -2.47. The van der Waals surface area contributed by atoms with Crippen LogP contribution < -0.4 is 4.72 Å². The molecule has 3 aromatic carbocycles. The summed E-state index contributed by atoms with van der Waals surface area (Å²) in [7, 11) is -3.66. The predicted octanol–water partition coefficient (Wildman–Crippen LogP) is 7.11. The zero-order valence-corrected chi connectivity index (χ0v) is 23.0. The summed E-state index contributed by atoms with van der Waals surface area (Å²) in [6.07, 6.45) is 8.33. The topological polar surface area (TPSA) is 58.5 Å². The lowest BCUT2D eigenvalue weighted by atomic mass is 9.71. The molecule has 0 radical (unpaired) electrons. The minimum Gasteiger partial charge on any atom is -0.298 e. The smallest absolute Gasteiger partial charge is 0.240 e. The Balaban J connectivity index is 0.00000456. The van der Waals surface area contributed by atoms with Gasteiger partial charge in [0, 0.05) is 18.5 Å². The first-order valence-electron chi connectivity index (χ1n) is 12.6. The molecule has 0 aliphatic rings. The van der Waals surface area contributed by atoms with Gasteiger partial charge in [0.2, 0.25) is 10.0 Å². The summed E-state index contributed by atoms with van der Waals surface area (Å²) in [4.78, 5) is 4.92. The first kappa shape index (κ1) is 29.8. The van der Waals surface area contributed by atoms with Crippen molar-refractivity contribution < 1.29 is 8.42 Å². The molecule has 36 heavy (non-hydrogen) atoms. The number of sulfonamides is 1. The Morgan fingerprint density at radius 2 is 1.42 bits per heavy atom. The molecular formula is C30H39ClN2O2S. The number of unbranched alkanes of at least 4 members (excludes halogenated alkanes) is 3. The van der Waals surface area contributed by atoms with Crippen LogP contribution in [0, 0.1) is 6.92 Å². The maximum absolute atomic E-state index is 13.2. The summed E-state index contributed by atoms with van der Waals surface area (Å²) in [5, 5.41) is 0. The first-order chi connectivity index (χ1) is 17.0. The minimum absolute atomic E-state index is 0. The molecule has 3 aromatic rings. The number of hydrogen-bond acceptors (Lipinski definition) is 3. The molecule has 0 aromatic heterocycles. The third-order valence-corrected chi connectivity index (χ3v) is 7.94. The van der Waals surface area contributed by atoms with Crippen molar-refractivity contribution >= 4 is 28.6 Å². The first-order valence-corrected chi connectivity index (χ1v) is 14.1. The van der Waals surface area contributed by atoms with E-state index in [9.17, 15) is 8.42 Å². The SMILES string of the molecule is CCCCCCN=CCCC(CNS(=O)(=O)c1ccc(C)cc1)(c1ccccc1)c1ccccc1.Cl. The highest BCUT2D eigenvalue weighted by molar-refractivity contribution is 7.89. The molecule has 1 N–H and O–H groups in total. The van der Waals surface area contributed by atoms with E-state index in [2.05, 4.69) is 40.9 Å². The molecule has 0 atom stereocenters. The standard InChI is InChI=1S/C30H38N2O2S.ClH/c1-3-4-5-12-23-31-24-13-22-30(27-14-8-6-9-15-27,28-16-10-7-11-17-28)25-32-35(33,34)29-20-18-26(2)19-21-29;/h6-11,14-21,24,32H,3-5,12-13,22-23,25H2,1-2H3;1H. The molecular weight excluding hydrogens is 488 g/mol. The fraction of sp³-hybridized carbons (Fsp3) is 0.367. The van der Waals surface area contributed by atoms with Crippen molar-refractivity contribution in [1.82, 2.24) is 4.72 Å². The van der Waals surface area contributed by atoms with E-state index >= 15 is 0 Å². The number of nitrogens with zero attached hydrogens (tertiary/aromatic N) is 1. The molecule has 0 bridgehead atoms. The molecule has 0 spiro atoms. The van der Waals surface area contributed by atoms with E-state index in [0.717, 1.165) is 42.5 Å². The van der Waals surface area contributed by atoms with Gasteiger partial charge < -0.3 is 0 Å². The Morgan fingerprint density at radius 3 is 1.97 bits per heavy atom. The predicted molar refractivity (Wildman–Crippen MR) is 154 cm³/mol. The second-order valence-electron chi connectivity index (χ2n) is 9.14. The Bertz CT molecular complexity index is 1110. The second kappa shape index (κ2) is 14.9. The lowest BCUT2D eigenvalue weighted by Crippen LogP contribution is -2.42. The van der Waals surface area contributed by atoms with Crippen LogP contribution in [0.4, 0.5) is 0 Å². The fourth-order valence-corrected chi connectivity index (χ4v) is 5.50. The number of hydrogen-bond donors (Lipinski definition) is 1. The van der Waals surface area contributed by atoms with E-state index in [1.807, 2.05) is 61.7 Å². The monoisotopic (exact) mass is 526 g/mol. The number of aliphatic imine (C=N–C) groups is 1. The summed E-state index contributed by atoms with van der Waals surface area (Å²) in [5.74, 6) is 0. The molecule has 0 saturated heterocycles. The van der Waals surface area contributed by atoms with Gasteiger partial charge in [-0.15, -0.1) is 12.4 Å². The van der Waals surface area contributed by atoms with Gasteiger partial charge in [-0.3, -0.25) is 4.99 Å². The Labute approximate surface area is 223 Å². The summed E-state index contributed by atoms with van der Waals surface area (Å²) in [5.41, 5.74) is 2.69. The quantitative estimate of drug-likeness (QED) is 0.180. The van der Waals surface area contributed by atoms with Crippen LogP contribution in [0.1, 0.15) is 62.1 Å². The number of benzene rings is 3. The average molecular weight is 527 g/mol. The van der Waals surface area contributed by atoms with Gasteiger partial charge in [0.05, 0.1) is 4.90 Å². The summed E-state index contributed by atoms with van der Waals surface area (Å²) < 4.78 is 29.4. The third kappa shape index (κ3) is 8.29. The van der Waals surface area contributed by atoms with Crippen LogP contribution in [0.2, 0.25) is 0 Å². The van der Waals surface area contributed by atoms with Gasteiger partial charge in [-0.25, -0.2) is 13.1 Å². The molecule has 0 saturated carbocycles. The molecule has 0 unspecified atom stereocenters. The minimum atomic E-state index is -3.66. The van der Waals surface area contributed by atoms with Gasteiger partial charge in [0.15, 0.2) is 0 Å². The van der Waals surface area contributed by atoms with E-state index in [1.165, 1.54) is 19.3 Å². The Morgan fingerprint density at radius 1 is 0.833 bits per heavy atom. The van der Waals surface area contributed by atoms with Gasteiger partial charge >= 0.3 is 0 Å². The van der Waals surface area contributed by atoms with Crippen molar-refractivity contribution in [3.8, 4) is 0 Å². The van der Waals surface area contributed by atoms with Crippen LogP contribution in [0.5, 0.6) is 0 Å². The van der Waals surface area contributed by atoms with E-state index in [4.69, 9.17) is 0 Å². The maximum Gasteiger partial charge on any atom is 0.240 e. The van der Waals surface area contributed by atoms with Crippen LogP contribution in [-0.2, 0) is 15.4 Å². The molecule has 0 heterocycles. The largest absolute Gasteiger partial charge is 0.298 e. The number of aryl methyl sites for hydroxylation is 1. The molecule has 4 nitrogen and oxygen atoms in total. The molecule has 0 fully saturated rings. The molecule has 0 aliphatic carbocycles. The molecule has 3 rings (SSSR count). The van der Waals surface area contributed by atoms with Crippen molar-refractivity contribution in [2.45, 2.75) is 62.7 Å². The van der Waals surface area contributed by atoms with E-state index in [0.29, 0.717) is 0 Å². The van der Waals surface area contributed by atoms with Gasteiger partial charge in [0.1, 0.15) is 0 Å². The number of halogens is 1. The fourth-order valence-electron chi connectivity index (χ4n) is 4.40. The van der Waals surface area contributed by atoms with Crippen LogP contribution >= 0.6 is 12.4 Å². The van der Waals surface area contributed by atoms with E-state index < -0.39 is 15.4 Å². The number of nitrogens with one attached hydrogen (secondary N) is 1. The van der Waals surface area contributed by atoms with Crippen molar-refractivity contribution in [2.24, 2.45) is 4.99 Å². The lowest BCUT2D eigenvalue weighted by Gasteiger charge is -2.35. The molecule has 0 aliphatic heterocycles. The highest BCUT2D eigenvalue weighted by Crippen LogP contribution is 2.36. The Kier molecular flexibility index (Phi) is 12.3. The van der Waals surface area contributed by atoms with Gasteiger partial charge in [0.25, 0.3) is 0 Å². The zero-order chi connectivity index (χ0) is 25.0. The highest BCUT2D eigenvalue weighted by atomic mass is 35.5. The van der Waals surface area contributed by atoms with Crippen LogP contribution in [0.25, 0.3) is 0 Å². The zero-order valence-electron chi connectivity index (χ0n) is 21.4. The van der Waals surface area contributed by atoms with E-state index in [1.54, 1.807) is 12.1 Å². The van der Waals surface area contributed by atoms with Gasteiger partial charge in [-0.2, -0.15) is 0 Å². The van der Waals surface area contributed by atoms with Crippen molar-refractivity contribution in [1.29, 1.82) is 0 Å². The molecule has 0 amide bonds. The van der Waals surface area contributed by atoms with Crippen LogP contribution in [0.3, 0.4) is 0 Å². The summed E-state index contributed by atoms with van der Waals surface area (Å²) in [6.45, 7) is 5.28. The van der Waals surface area contributed by atoms with Crippen LogP contribution in [0.15, 0.2) is 94.8 Å². The number of rotatable bonds is 14. The second-order valence-corrected chi connectivity index (χ2v) is 10.9. The molecule has 194 valence electrons. The van der Waals surface area contributed by atoms with Gasteiger partial charge in [-0.05, 0) is 55.7 Å².